The number of carbonyl (C=O) groups is 2. The number of benzene rings is 2. The van der Waals surface area contributed by atoms with E-state index in [1.807, 2.05) is 4.90 Å². The molecular formula is C25H22F4N8O2. The quantitative estimate of drug-likeness (QED) is 0.285. The molecule has 39 heavy (non-hydrogen) atoms. The summed E-state index contributed by atoms with van der Waals surface area (Å²) in [5, 5.41) is 11.6. The molecule has 0 bridgehead atoms. The van der Waals surface area contributed by atoms with Crippen molar-refractivity contribution >= 4 is 34.6 Å². The van der Waals surface area contributed by atoms with Crippen LogP contribution in [-0.2, 0) is 17.5 Å². The Kier molecular flexibility index (Phi) is 6.78. The molecule has 0 atom stereocenters. The minimum Gasteiger partial charge on any atom is -0.382 e. The first-order valence-corrected chi connectivity index (χ1v) is 11.7. The number of amides is 3. The molecule has 1 aliphatic rings. The lowest BCUT2D eigenvalue weighted by Gasteiger charge is -2.25. The monoisotopic (exact) mass is 542 g/mol. The van der Waals surface area contributed by atoms with Crippen LogP contribution in [0.1, 0.15) is 11.3 Å². The van der Waals surface area contributed by atoms with E-state index in [0.29, 0.717) is 42.0 Å². The third-order valence-electron chi connectivity index (χ3n) is 6.14. The fraction of sp³-hybridized carbons (Fsp3) is 0.200. The summed E-state index contributed by atoms with van der Waals surface area (Å²) in [6, 6.07) is 9.04. The molecule has 5 N–H and O–H groups in total. The highest BCUT2D eigenvalue weighted by Crippen LogP contribution is 2.33. The van der Waals surface area contributed by atoms with Gasteiger partial charge in [-0.2, -0.15) is 18.3 Å². The van der Waals surface area contributed by atoms with E-state index in [0.717, 1.165) is 18.2 Å². The van der Waals surface area contributed by atoms with E-state index in [-0.39, 0.29) is 29.6 Å². The molecular weight excluding hydrogens is 520 g/mol. The van der Waals surface area contributed by atoms with Crippen molar-refractivity contribution in [3.63, 3.8) is 0 Å². The van der Waals surface area contributed by atoms with Crippen molar-refractivity contribution in [3.05, 3.63) is 71.9 Å². The Hall–Kier alpha value is -4.72. The van der Waals surface area contributed by atoms with Crippen LogP contribution in [0.3, 0.4) is 0 Å². The Morgan fingerprint density at radius 3 is 2.69 bits per heavy atom. The highest BCUT2D eigenvalue weighted by Gasteiger charge is 2.30. The maximum atomic E-state index is 15.1. The van der Waals surface area contributed by atoms with E-state index < -0.39 is 23.6 Å². The second kappa shape index (κ2) is 10.2. The highest BCUT2D eigenvalue weighted by molar-refractivity contribution is 6.00. The number of rotatable bonds is 5. The summed E-state index contributed by atoms with van der Waals surface area (Å²) in [6.45, 7) is 1.78. The van der Waals surface area contributed by atoms with Gasteiger partial charge in [0.15, 0.2) is 5.82 Å². The van der Waals surface area contributed by atoms with E-state index in [1.165, 1.54) is 24.5 Å². The van der Waals surface area contributed by atoms with Gasteiger partial charge in [-0.3, -0.25) is 9.69 Å². The molecule has 1 fully saturated rings. The third-order valence-corrected chi connectivity index (χ3v) is 6.14. The van der Waals surface area contributed by atoms with Crippen molar-refractivity contribution in [3.8, 4) is 11.1 Å². The van der Waals surface area contributed by atoms with Gasteiger partial charge < -0.3 is 21.7 Å². The zero-order chi connectivity index (χ0) is 27.7. The number of hydrogen-bond acceptors (Lipinski definition) is 6. The smallest absolute Gasteiger partial charge is 0.382 e. The van der Waals surface area contributed by atoms with Gasteiger partial charge in [-0.15, -0.1) is 0 Å². The second-order valence-electron chi connectivity index (χ2n) is 8.87. The molecule has 0 radical (unpaired) electrons. The molecule has 5 rings (SSSR count). The van der Waals surface area contributed by atoms with Crippen molar-refractivity contribution in [1.82, 2.24) is 24.8 Å². The summed E-state index contributed by atoms with van der Waals surface area (Å²) >= 11 is 0. The number of urea groups is 1. The van der Waals surface area contributed by atoms with Gasteiger partial charge in [0.2, 0.25) is 5.91 Å². The van der Waals surface area contributed by atoms with Crippen LogP contribution in [0.5, 0.6) is 0 Å². The number of fused-ring (bicyclic) bond motifs is 1. The number of halogens is 4. The highest BCUT2D eigenvalue weighted by atomic mass is 19.4. The number of nitrogens with one attached hydrogen (secondary N) is 3. The summed E-state index contributed by atoms with van der Waals surface area (Å²) in [7, 11) is 0. The maximum absolute atomic E-state index is 15.1. The largest absolute Gasteiger partial charge is 0.416 e. The lowest BCUT2D eigenvalue weighted by atomic mass is 10.1. The van der Waals surface area contributed by atoms with Crippen molar-refractivity contribution < 1.29 is 27.2 Å². The van der Waals surface area contributed by atoms with Crippen molar-refractivity contribution in [2.24, 2.45) is 0 Å². The topological polar surface area (TPSA) is 130 Å². The van der Waals surface area contributed by atoms with Crippen LogP contribution < -0.4 is 21.7 Å². The lowest BCUT2D eigenvalue weighted by Crippen LogP contribution is -2.47. The van der Waals surface area contributed by atoms with E-state index in [4.69, 9.17) is 5.73 Å². The fourth-order valence-electron chi connectivity index (χ4n) is 4.36. The maximum Gasteiger partial charge on any atom is 0.416 e. The van der Waals surface area contributed by atoms with Crippen LogP contribution in [0.4, 0.5) is 39.5 Å². The van der Waals surface area contributed by atoms with Crippen LogP contribution in [0.2, 0.25) is 0 Å². The Labute approximate surface area is 218 Å². The Bertz CT molecular complexity index is 1570. The molecule has 14 heteroatoms. The van der Waals surface area contributed by atoms with E-state index in [9.17, 15) is 22.8 Å². The van der Waals surface area contributed by atoms with Gasteiger partial charge in [-0.25, -0.2) is 18.7 Å². The van der Waals surface area contributed by atoms with Gasteiger partial charge in [0, 0.05) is 30.9 Å². The summed E-state index contributed by atoms with van der Waals surface area (Å²) in [5.74, 6) is -0.694. The van der Waals surface area contributed by atoms with Gasteiger partial charge in [-0.1, -0.05) is 12.1 Å². The normalized spacial score (nSPS) is 14.3. The molecule has 0 aliphatic carbocycles. The van der Waals surface area contributed by atoms with Crippen LogP contribution >= 0.6 is 0 Å². The zero-order valence-electron chi connectivity index (χ0n) is 20.2. The molecule has 3 amide bonds. The third kappa shape index (κ3) is 5.60. The molecule has 0 spiro atoms. The number of hydrogen-bond donors (Lipinski definition) is 4. The van der Waals surface area contributed by atoms with E-state index in [2.05, 4.69) is 26.0 Å². The molecule has 3 heterocycles. The molecule has 2 aromatic heterocycles. The van der Waals surface area contributed by atoms with Crippen molar-refractivity contribution in [1.29, 1.82) is 0 Å². The van der Waals surface area contributed by atoms with Crippen LogP contribution in [0.15, 0.2) is 54.9 Å². The van der Waals surface area contributed by atoms with Gasteiger partial charge >= 0.3 is 12.2 Å². The second-order valence-corrected chi connectivity index (χ2v) is 8.87. The molecule has 0 unspecified atom stereocenters. The number of piperazine rings is 1. The zero-order valence-corrected chi connectivity index (χ0v) is 20.2. The molecule has 4 aromatic rings. The summed E-state index contributed by atoms with van der Waals surface area (Å²) in [6.07, 6.45) is -3.27. The van der Waals surface area contributed by atoms with Crippen LogP contribution in [-0.4, -0.2) is 51.1 Å². The standard InChI is InChI=1S/C25H22F4N8O2/c26-19-8-14(4-5-20(19)35-24(39)34-16-3-1-2-15(9-16)25(27,28)29)18-10-17(11-36-7-6-31-21(38)12-36)37-22(18)23(30)32-13-33-37/h1-5,8-10,13H,6-7,11-12H2,(H,31,38)(H2,30,32,33)(H2,34,35,39). The number of alkyl halides is 3. The summed E-state index contributed by atoms with van der Waals surface area (Å²) in [5.41, 5.74) is 7.06. The van der Waals surface area contributed by atoms with Gasteiger partial charge in [-0.05, 0) is 42.0 Å². The van der Waals surface area contributed by atoms with Crippen LogP contribution in [0.25, 0.3) is 16.6 Å². The first kappa shape index (κ1) is 25.9. The van der Waals surface area contributed by atoms with E-state index in [1.54, 1.807) is 16.6 Å². The number of aromatic nitrogens is 3. The SMILES string of the molecule is Nc1ncnn2c(CN3CCNC(=O)C3)cc(-c3ccc(NC(=O)Nc4cccc(C(F)(F)F)c4)c(F)c3)c12. The lowest BCUT2D eigenvalue weighted by molar-refractivity contribution is -0.137. The Balaban J connectivity index is 1.38. The molecule has 1 saturated heterocycles. The summed E-state index contributed by atoms with van der Waals surface area (Å²) < 4.78 is 55.4. The predicted octanol–water partition coefficient (Wildman–Crippen LogP) is 3.71. The minimum absolute atomic E-state index is 0.0845. The number of carbonyl (C=O) groups excluding carboxylic acids is 2. The van der Waals surface area contributed by atoms with Crippen molar-refractivity contribution in [2.45, 2.75) is 12.7 Å². The molecule has 0 saturated carbocycles. The molecule has 2 aromatic carbocycles. The Morgan fingerprint density at radius 1 is 1.13 bits per heavy atom. The first-order valence-electron chi connectivity index (χ1n) is 11.7. The van der Waals surface area contributed by atoms with E-state index >= 15 is 4.39 Å². The number of anilines is 3. The van der Waals surface area contributed by atoms with Gasteiger partial charge in [0.25, 0.3) is 0 Å². The predicted molar refractivity (Wildman–Crippen MR) is 135 cm³/mol. The number of nitrogen functional groups attached to an aromatic ring is 1. The Morgan fingerprint density at radius 2 is 1.95 bits per heavy atom. The first-order chi connectivity index (χ1) is 18.6. The van der Waals surface area contributed by atoms with Crippen LogP contribution in [0, 0.1) is 5.82 Å². The fourth-order valence-corrected chi connectivity index (χ4v) is 4.36. The molecule has 1 aliphatic heterocycles. The average molecular weight is 542 g/mol. The molecule has 10 nitrogen and oxygen atoms in total. The average Bonchev–Trinajstić information content (AvgIpc) is 3.24. The van der Waals surface area contributed by atoms with Gasteiger partial charge in [0.1, 0.15) is 17.7 Å². The van der Waals surface area contributed by atoms with Gasteiger partial charge in [0.05, 0.1) is 23.5 Å². The van der Waals surface area contributed by atoms with Crippen molar-refractivity contribution in [2.75, 3.05) is 36.0 Å². The number of nitrogens with two attached hydrogens (primary N) is 1. The molecule has 202 valence electrons. The number of nitrogens with zero attached hydrogens (tertiary/aromatic N) is 4. The minimum atomic E-state index is -4.57. The summed E-state index contributed by atoms with van der Waals surface area (Å²) in [4.78, 5) is 30.1.